The Labute approximate surface area is 387 Å². The number of hydrogen-bond donors (Lipinski definition) is 5. The van der Waals surface area contributed by atoms with E-state index in [-0.39, 0.29) is 100 Å². The van der Waals surface area contributed by atoms with E-state index < -0.39 is 29.3 Å². The summed E-state index contributed by atoms with van der Waals surface area (Å²) in [5.41, 5.74) is -1.02. The first-order valence-corrected chi connectivity index (χ1v) is 22.4. The lowest BCUT2D eigenvalue weighted by Crippen LogP contribution is -2.31. The van der Waals surface area contributed by atoms with Gasteiger partial charge in [-0.15, -0.1) is 0 Å². The Balaban J connectivity index is -0.000000227. The lowest BCUT2D eigenvalue weighted by molar-refractivity contribution is -0.160. The number of ether oxygens (including phenoxy) is 10. The van der Waals surface area contributed by atoms with Crippen molar-refractivity contribution >= 4 is 17.9 Å². The number of carbonyl (C=O) groups is 3. The molecule has 18 nitrogen and oxygen atoms in total. The van der Waals surface area contributed by atoms with Crippen LogP contribution < -0.4 is 0 Å². The van der Waals surface area contributed by atoms with Gasteiger partial charge in [-0.2, -0.15) is 0 Å². The Bertz CT molecular complexity index is 1050. The SMILES string of the molecule is CCC(C)(C)C(=O)OCC(CO)OC.CCC(C)(C)OC(=O)CC(CO)OC.CCC(C)(C)OCC(CO)OC.CCC(C)OC(=O)CC(CO)OC.CCC(C)OCC(CO)OC. The number of rotatable bonds is 30. The van der Waals surface area contributed by atoms with Crippen LogP contribution in [-0.2, 0) is 61.8 Å². The van der Waals surface area contributed by atoms with Gasteiger partial charge in [0.05, 0.1) is 94.5 Å². The van der Waals surface area contributed by atoms with E-state index in [0.717, 1.165) is 32.1 Å². The highest BCUT2D eigenvalue weighted by Gasteiger charge is 2.28. The lowest BCUT2D eigenvalue weighted by atomic mass is 9.91. The molecule has 0 aliphatic rings. The summed E-state index contributed by atoms with van der Waals surface area (Å²) >= 11 is 0. The van der Waals surface area contributed by atoms with Crippen molar-refractivity contribution in [2.45, 2.75) is 189 Å². The van der Waals surface area contributed by atoms with Gasteiger partial charge in [-0.05, 0) is 87.5 Å². The van der Waals surface area contributed by atoms with Crippen LogP contribution in [0, 0.1) is 5.41 Å². The molecule has 0 heterocycles. The van der Waals surface area contributed by atoms with E-state index >= 15 is 0 Å². The van der Waals surface area contributed by atoms with Gasteiger partial charge in [0.25, 0.3) is 0 Å². The van der Waals surface area contributed by atoms with Crippen molar-refractivity contribution in [1.29, 1.82) is 0 Å². The molecule has 0 radical (unpaired) electrons. The van der Waals surface area contributed by atoms with Gasteiger partial charge in [-0.1, -0.05) is 34.6 Å². The third-order valence-electron chi connectivity index (χ3n) is 10.1. The Morgan fingerprint density at radius 1 is 0.484 bits per heavy atom. The zero-order chi connectivity index (χ0) is 51.0. The molecule has 0 amide bonds. The maximum absolute atomic E-state index is 11.5. The van der Waals surface area contributed by atoms with Gasteiger partial charge in [0.1, 0.15) is 30.5 Å². The molecule has 0 aromatic carbocycles. The predicted molar refractivity (Wildman–Crippen MR) is 246 cm³/mol. The molecule has 7 atom stereocenters. The highest BCUT2D eigenvalue weighted by Crippen LogP contribution is 2.21. The van der Waals surface area contributed by atoms with E-state index in [1.807, 2.05) is 76.2 Å². The second-order valence-corrected chi connectivity index (χ2v) is 16.7. The standard InChI is InChI=1S/2C10H20O4.C9H18O4.C9H20O3.C8H18O3/c1-5-10(2,3)9(12)14-7-8(6-11)13-4;1-5-10(2,3)14-9(12)6-8(7-11)13-4;1-4-7(2)13-9(11)5-8(6-10)12-3;1-5-9(2,3)12-7-8(6-10)11-4;1-4-7(2)11-6-8(5-9)10-3/h2*8,11H,5-7H2,1-4H3;7-8,10H,4-6H2,1-3H3;8,10H,5-7H2,1-4H3;7-9H,4-6H2,1-3H3. The molecule has 0 spiro atoms. The van der Waals surface area contributed by atoms with Crippen LogP contribution >= 0.6 is 0 Å². The molecule has 0 aromatic heterocycles. The largest absolute Gasteiger partial charge is 0.463 e. The molecule has 0 aromatic rings. The maximum Gasteiger partial charge on any atom is 0.311 e. The number of aliphatic hydroxyl groups is 5. The van der Waals surface area contributed by atoms with Crippen LogP contribution in [0.2, 0.25) is 0 Å². The van der Waals surface area contributed by atoms with E-state index in [4.69, 9.17) is 72.9 Å². The van der Waals surface area contributed by atoms with Crippen LogP contribution in [0.15, 0.2) is 0 Å². The van der Waals surface area contributed by atoms with Crippen molar-refractivity contribution in [2.75, 3.05) is 88.4 Å². The molecule has 0 bridgehead atoms. The summed E-state index contributed by atoms with van der Waals surface area (Å²) in [7, 11) is 7.53. The highest BCUT2D eigenvalue weighted by atomic mass is 16.6. The number of methoxy groups -OCH3 is 5. The highest BCUT2D eigenvalue weighted by molar-refractivity contribution is 5.75. The Hall–Kier alpha value is -2.07. The van der Waals surface area contributed by atoms with Crippen LogP contribution in [0.4, 0.5) is 0 Å². The Morgan fingerprint density at radius 3 is 1.20 bits per heavy atom. The average molecular weight is 937 g/mol. The fourth-order valence-electron chi connectivity index (χ4n) is 3.50. The minimum Gasteiger partial charge on any atom is -0.463 e. The first-order valence-electron chi connectivity index (χ1n) is 22.4. The smallest absolute Gasteiger partial charge is 0.311 e. The minimum atomic E-state index is -0.465. The van der Waals surface area contributed by atoms with Crippen LogP contribution in [-0.4, -0.2) is 186 Å². The summed E-state index contributed by atoms with van der Waals surface area (Å²) in [4.78, 5) is 33.9. The van der Waals surface area contributed by atoms with Crippen LogP contribution in [0.3, 0.4) is 0 Å². The van der Waals surface area contributed by atoms with Crippen LogP contribution in [0.1, 0.15) is 135 Å². The van der Waals surface area contributed by atoms with Crippen molar-refractivity contribution in [3.05, 3.63) is 0 Å². The van der Waals surface area contributed by atoms with Gasteiger partial charge >= 0.3 is 17.9 Å². The fraction of sp³-hybridized carbons (Fsp3) is 0.935. The molecule has 0 saturated carbocycles. The van der Waals surface area contributed by atoms with Crippen LogP contribution in [0.5, 0.6) is 0 Å². The molecule has 64 heavy (non-hydrogen) atoms. The predicted octanol–water partition coefficient (Wildman–Crippen LogP) is 4.82. The summed E-state index contributed by atoms with van der Waals surface area (Å²) < 4.78 is 50.6. The number of carbonyl (C=O) groups excluding carboxylic acids is 3. The second-order valence-electron chi connectivity index (χ2n) is 16.7. The molecular formula is C46H96O18. The average Bonchev–Trinajstić information content (AvgIpc) is 3.28. The zero-order valence-electron chi connectivity index (χ0n) is 43.2. The molecular weight excluding hydrogens is 840 g/mol. The molecule has 388 valence electrons. The fourth-order valence-corrected chi connectivity index (χ4v) is 3.50. The number of hydrogen-bond acceptors (Lipinski definition) is 18. The summed E-state index contributed by atoms with van der Waals surface area (Å²) in [6.07, 6.45) is 2.89. The molecule has 0 aliphatic heterocycles. The van der Waals surface area contributed by atoms with Gasteiger partial charge in [-0.25, -0.2) is 0 Å². The maximum atomic E-state index is 11.5. The third kappa shape index (κ3) is 42.6. The van der Waals surface area contributed by atoms with Crippen molar-refractivity contribution in [3.63, 3.8) is 0 Å². The molecule has 0 saturated heterocycles. The molecule has 0 fully saturated rings. The molecule has 0 aliphatic carbocycles. The quantitative estimate of drug-likeness (QED) is 0.0479. The van der Waals surface area contributed by atoms with E-state index in [0.29, 0.717) is 13.2 Å². The summed E-state index contributed by atoms with van der Waals surface area (Å²) in [6, 6.07) is 0. The van der Waals surface area contributed by atoms with Gasteiger partial charge in [-0.3, -0.25) is 14.4 Å². The topological polar surface area (TPSA) is 245 Å². The van der Waals surface area contributed by atoms with E-state index in [1.165, 1.54) is 21.3 Å². The lowest BCUT2D eigenvalue weighted by Gasteiger charge is -2.25. The van der Waals surface area contributed by atoms with Gasteiger partial charge in [0, 0.05) is 35.5 Å². The van der Waals surface area contributed by atoms with E-state index in [1.54, 1.807) is 14.2 Å². The summed E-state index contributed by atoms with van der Waals surface area (Å²) in [5, 5.41) is 43.8. The van der Waals surface area contributed by atoms with Gasteiger partial charge < -0.3 is 72.9 Å². The van der Waals surface area contributed by atoms with Gasteiger partial charge in [0.15, 0.2) is 0 Å². The molecule has 7 unspecified atom stereocenters. The Kier molecular flexibility index (Phi) is 48.2. The normalized spacial score (nSPS) is 14.7. The minimum absolute atomic E-state index is 0.0102. The Morgan fingerprint density at radius 2 is 0.859 bits per heavy atom. The van der Waals surface area contributed by atoms with Crippen molar-refractivity contribution in [3.8, 4) is 0 Å². The van der Waals surface area contributed by atoms with E-state index in [9.17, 15) is 14.4 Å². The first-order chi connectivity index (χ1) is 29.8. The van der Waals surface area contributed by atoms with E-state index in [2.05, 4.69) is 13.8 Å². The molecule has 5 N–H and O–H groups in total. The number of esters is 3. The van der Waals surface area contributed by atoms with Crippen LogP contribution in [0.25, 0.3) is 0 Å². The monoisotopic (exact) mass is 937 g/mol. The summed E-state index contributed by atoms with van der Waals surface area (Å²) in [5.74, 6) is -0.913. The van der Waals surface area contributed by atoms with Crippen molar-refractivity contribution < 1.29 is 87.3 Å². The number of aliphatic hydroxyl groups excluding tert-OH is 5. The van der Waals surface area contributed by atoms with Crippen molar-refractivity contribution in [2.24, 2.45) is 5.41 Å². The zero-order valence-corrected chi connectivity index (χ0v) is 43.2. The molecule has 18 heteroatoms. The van der Waals surface area contributed by atoms with Crippen molar-refractivity contribution in [1.82, 2.24) is 0 Å². The van der Waals surface area contributed by atoms with Gasteiger partial charge in [0.2, 0.25) is 0 Å². The molecule has 0 rings (SSSR count). The summed E-state index contributed by atoms with van der Waals surface area (Å²) in [6.45, 7) is 25.8. The first kappa shape index (κ1) is 70.9. The second kappa shape index (κ2) is 43.5. The third-order valence-corrected chi connectivity index (χ3v) is 10.1.